The van der Waals surface area contributed by atoms with E-state index in [-0.39, 0.29) is 11.3 Å². The van der Waals surface area contributed by atoms with Crippen molar-refractivity contribution in [1.29, 1.82) is 0 Å². The predicted molar refractivity (Wildman–Crippen MR) is 126 cm³/mol. The molecule has 0 saturated carbocycles. The van der Waals surface area contributed by atoms with E-state index in [9.17, 15) is 14.7 Å². The number of aryl methyl sites for hydroxylation is 2. The molecule has 5 rings (SSSR count). The Balaban J connectivity index is 1.97. The first-order valence-corrected chi connectivity index (χ1v) is 11.1. The lowest BCUT2D eigenvalue weighted by Gasteiger charge is -2.28. The molecule has 1 atom stereocenters. The van der Waals surface area contributed by atoms with Crippen molar-refractivity contribution in [3.05, 3.63) is 84.6 Å². The zero-order chi connectivity index (χ0) is 22.7. The zero-order valence-electron chi connectivity index (χ0n) is 17.9. The molecule has 1 N–H and O–H groups in total. The van der Waals surface area contributed by atoms with Crippen LogP contribution in [-0.2, 0) is 25.4 Å². The molecule has 1 unspecified atom stereocenters. The van der Waals surface area contributed by atoms with Crippen molar-refractivity contribution in [3.63, 3.8) is 0 Å². The van der Waals surface area contributed by atoms with Gasteiger partial charge in [-0.25, -0.2) is 4.79 Å². The molecule has 8 heteroatoms. The highest BCUT2D eigenvalue weighted by molar-refractivity contribution is 9.10. The van der Waals surface area contributed by atoms with Crippen LogP contribution < -0.4 is 11.2 Å². The van der Waals surface area contributed by atoms with E-state index >= 15 is 0 Å². The first-order chi connectivity index (χ1) is 15.3. The molecule has 32 heavy (non-hydrogen) atoms. The number of ether oxygens (including phenoxy) is 1. The molecular formula is C24H22BrN3O4. The lowest BCUT2D eigenvalue weighted by atomic mass is 10.0. The summed E-state index contributed by atoms with van der Waals surface area (Å²) in [5, 5.41) is 11.1. The van der Waals surface area contributed by atoms with Gasteiger partial charge in [0.2, 0.25) is 0 Å². The van der Waals surface area contributed by atoms with Crippen LogP contribution >= 0.6 is 15.9 Å². The topological polar surface area (TPSA) is 78.4 Å². The van der Waals surface area contributed by atoms with Crippen LogP contribution in [0.25, 0.3) is 22.2 Å². The summed E-state index contributed by atoms with van der Waals surface area (Å²) in [4.78, 5) is 26.3. The van der Waals surface area contributed by atoms with Crippen molar-refractivity contribution in [2.75, 3.05) is 6.61 Å². The molecule has 164 valence electrons. The van der Waals surface area contributed by atoms with Gasteiger partial charge in [-0.1, -0.05) is 39.7 Å². The Bertz CT molecular complexity index is 1510. The van der Waals surface area contributed by atoms with Gasteiger partial charge in [0, 0.05) is 30.7 Å². The third-order valence-corrected chi connectivity index (χ3v) is 6.61. The molecule has 1 aliphatic rings. The molecule has 0 spiro atoms. The van der Waals surface area contributed by atoms with E-state index in [0.717, 1.165) is 25.9 Å². The Morgan fingerprint density at radius 2 is 1.88 bits per heavy atom. The molecule has 0 amide bonds. The minimum Gasteiger partial charge on any atom is -0.508 e. The lowest BCUT2D eigenvalue weighted by molar-refractivity contribution is 0.0464. The summed E-state index contributed by atoms with van der Waals surface area (Å²) in [5.41, 5.74) is 3.76. The highest BCUT2D eigenvalue weighted by Gasteiger charge is 2.34. The third-order valence-electron chi connectivity index (χ3n) is 6.12. The van der Waals surface area contributed by atoms with E-state index in [2.05, 4.69) is 20.5 Å². The first kappa shape index (κ1) is 20.8. The summed E-state index contributed by atoms with van der Waals surface area (Å²) in [6.07, 6.45) is -0.639. The molecule has 2 aromatic heterocycles. The number of benzene rings is 2. The minimum atomic E-state index is -0.639. The van der Waals surface area contributed by atoms with Crippen molar-refractivity contribution in [2.24, 2.45) is 14.1 Å². The van der Waals surface area contributed by atoms with Crippen LogP contribution in [0.4, 0.5) is 0 Å². The van der Waals surface area contributed by atoms with Crippen LogP contribution in [-0.4, -0.2) is 25.4 Å². The minimum absolute atomic E-state index is 0.0898. The average molecular weight is 496 g/mol. The van der Waals surface area contributed by atoms with Crippen molar-refractivity contribution in [1.82, 2.24) is 13.7 Å². The van der Waals surface area contributed by atoms with Crippen molar-refractivity contribution in [2.45, 2.75) is 19.6 Å². The Labute approximate surface area is 192 Å². The van der Waals surface area contributed by atoms with Gasteiger partial charge in [0.25, 0.3) is 5.56 Å². The molecule has 0 bridgehead atoms. The maximum atomic E-state index is 13.4. The van der Waals surface area contributed by atoms with Crippen LogP contribution in [0.1, 0.15) is 22.9 Å². The summed E-state index contributed by atoms with van der Waals surface area (Å²) < 4.78 is 11.6. The number of hydrogen-bond donors (Lipinski definition) is 1. The number of aromatic hydroxyl groups is 1. The van der Waals surface area contributed by atoms with Gasteiger partial charge in [-0.15, -0.1) is 0 Å². The van der Waals surface area contributed by atoms with E-state index in [4.69, 9.17) is 4.74 Å². The van der Waals surface area contributed by atoms with Gasteiger partial charge in [0.1, 0.15) is 11.9 Å². The average Bonchev–Trinajstić information content (AvgIpc) is 3.13. The first-order valence-electron chi connectivity index (χ1n) is 10.3. The summed E-state index contributed by atoms with van der Waals surface area (Å²) in [7, 11) is 3.16. The number of rotatable bonds is 2. The zero-order valence-corrected chi connectivity index (χ0v) is 19.5. The molecule has 2 aromatic carbocycles. The number of phenolic OH excluding ortho intramolecular Hbond substituents is 1. The second-order valence-corrected chi connectivity index (χ2v) is 9.05. The fourth-order valence-corrected chi connectivity index (χ4v) is 5.02. The molecule has 0 fully saturated rings. The summed E-state index contributed by atoms with van der Waals surface area (Å²) in [6.45, 7) is 2.93. The molecule has 4 aromatic rings. The van der Waals surface area contributed by atoms with Gasteiger partial charge in [0.05, 0.1) is 28.9 Å². The predicted octanol–water partition coefficient (Wildman–Crippen LogP) is 3.60. The quantitative estimate of drug-likeness (QED) is 0.460. The molecule has 0 aliphatic carbocycles. The largest absolute Gasteiger partial charge is 0.508 e. The van der Waals surface area contributed by atoms with Gasteiger partial charge in [0.15, 0.2) is 0 Å². The molecular weight excluding hydrogens is 474 g/mol. The second-order valence-electron chi connectivity index (χ2n) is 8.14. The fraction of sp³-hybridized carbons (Fsp3) is 0.250. The SMILES string of the molecule is Cc1cccc(-c2c3c(=O)n(C)c(=O)n(C)c3c3n2CCOC3c2cc(Br)ccc2O)c1. The van der Waals surface area contributed by atoms with Gasteiger partial charge in [-0.05, 0) is 36.8 Å². The summed E-state index contributed by atoms with van der Waals surface area (Å²) >= 11 is 3.47. The van der Waals surface area contributed by atoms with Gasteiger partial charge in [-0.2, -0.15) is 0 Å². The standard InChI is InChI=1S/C24H22BrN3O4/c1-13-5-4-6-14(11-13)19-18-20(26(2)24(31)27(3)23(18)30)21-22(32-10-9-28(19)21)16-12-15(25)7-8-17(16)29/h4-8,11-12,22,29H,9-10H2,1-3H3. The molecule has 1 aliphatic heterocycles. The number of halogens is 1. The number of hydrogen-bond acceptors (Lipinski definition) is 4. The Kier molecular flexibility index (Phi) is 4.87. The Morgan fingerprint density at radius 1 is 1.09 bits per heavy atom. The Hall–Kier alpha value is -3.10. The van der Waals surface area contributed by atoms with E-state index in [0.29, 0.717) is 35.3 Å². The molecule has 7 nitrogen and oxygen atoms in total. The van der Waals surface area contributed by atoms with E-state index in [1.54, 1.807) is 25.2 Å². The number of fused-ring (bicyclic) bond motifs is 3. The number of aromatic nitrogens is 3. The van der Waals surface area contributed by atoms with Gasteiger partial charge in [-0.3, -0.25) is 13.9 Å². The van der Waals surface area contributed by atoms with Crippen LogP contribution in [0, 0.1) is 6.92 Å². The van der Waals surface area contributed by atoms with E-state index in [1.807, 2.05) is 31.2 Å². The third kappa shape index (κ3) is 2.97. The number of nitrogens with zero attached hydrogens (tertiary/aromatic N) is 3. The highest BCUT2D eigenvalue weighted by Crippen LogP contribution is 2.43. The van der Waals surface area contributed by atoms with Crippen molar-refractivity contribution >= 4 is 26.8 Å². The van der Waals surface area contributed by atoms with Crippen molar-refractivity contribution in [3.8, 4) is 17.0 Å². The molecule has 0 radical (unpaired) electrons. The normalized spacial score (nSPS) is 15.8. The Morgan fingerprint density at radius 3 is 2.62 bits per heavy atom. The van der Waals surface area contributed by atoms with Crippen molar-refractivity contribution < 1.29 is 9.84 Å². The highest BCUT2D eigenvalue weighted by atomic mass is 79.9. The van der Waals surface area contributed by atoms with Crippen LogP contribution in [0.2, 0.25) is 0 Å². The maximum Gasteiger partial charge on any atom is 0.331 e. The number of phenols is 1. The van der Waals surface area contributed by atoms with Crippen LogP contribution in [0.15, 0.2) is 56.5 Å². The second kappa shape index (κ2) is 7.50. The lowest BCUT2D eigenvalue weighted by Crippen LogP contribution is -2.37. The van der Waals surface area contributed by atoms with Crippen LogP contribution in [0.3, 0.4) is 0 Å². The molecule has 0 saturated heterocycles. The van der Waals surface area contributed by atoms with E-state index < -0.39 is 11.8 Å². The van der Waals surface area contributed by atoms with Gasteiger partial charge >= 0.3 is 5.69 Å². The van der Waals surface area contributed by atoms with Gasteiger partial charge < -0.3 is 14.4 Å². The summed E-state index contributed by atoms with van der Waals surface area (Å²) in [5.74, 6) is 0.0898. The maximum absolute atomic E-state index is 13.4. The monoisotopic (exact) mass is 495 g/mol. The molecule has 3 heterocycles. The van der Waals surface area contributed by atoms with E-state index in [1.165, 1.54) is 11.6 Å². The fourth-order valence-electron chi connectivity index (χ4n) is 4.64. The summed E-state index contributed by atoms with van der Waals surface area (Å²) in [6, 6.07) is 13.1. The smallest absolute Gasteiger partial charge is 0.331 e. The van der Waals surface area contributed by atoms with Crippen LogP contribution in [0.5, 0.6) is 5.75 Å².